The minimum absolute atomic E-state index is 0.357. The zero-order valence-corrected chi connectivity index (χ0v) is 31.6. The van der Waals surface area contributed by atoms with E-state index in [-0.39, 0.29) is 5.41 Å². The van der Waals surface area contributed by atoms with Crippen molar-refractivity contribution in [3.8, 4) is 23.3 Å². The van der Waals surface area contributed by atoms with Crippen molar-refractivity contribution in [2.75, 3.05) is 9.80 Å². The van der Waals surface area contributed by atoms with Gasteiger partial charge in [0.2, 0.25) is 0 Å². The average molecular weight is 729 g/mol. The maximum atomic E-state index is 10.1. The summed E-state index contributed by atoms with van der Waals surface area (Å²) in [4.78, 5) is 4.68. The van der Waals surface area contributed by atoms with Gasteiger partial charge in [-0.25, -0.2) is 0 Å². The Labute approximate surface area is 332 Å². The number of fused-ring (bicyclic) bond motifs is 7. The molecule has 57 heavy (non-hydrogen) atoms. The molecular weight excluding hydrogens is 693 g/mol. The predicted octanol–water partition coefficient (Wildman–Crippen LogP) is 14.1. The molecule has 0 heterocycles. The summed E-state index contributed by atoms with van der Waals surface area (Å²) in [7, 11) is 0. The van der Waals surface area contributed by atoms with Crippen LogP contribution in [0.15, 0.2) is 182 Å². The predicted molar refractivity (Wildman–Crippen MR) is 235 cm³/mol. The fraction of sp³-hybridized carbons (Fsp3) is 0.0566. The van der Waals surface area contributed by atoms with Gasteiger partial charge in [-0.3, -0.25) is 0 Å². The molecule has 1 aliphatic carbocycles. The van der Waals surface area contributed by atoms with Crippen molar-refractivity contribution in [1.29, 1.82) is 10.5 Å². The molecule has 268 valence electrons. The minimum atomic E-state index is -0.357. The lowest BCUT2D eigenvalue weighted by Crippen LogP contribution is -2.18. The van der Waals surface area contributed by atoms with Crippen LogP contribution in [0.25, 0.3) is 43.4 Å². The number of nitriles is 2. The summed E-state index contributed by atoms with van der Waals surface area (Å²) < 4.78 is 0. The van der Waals surface area contributed by atoms with Crippen LogP contribution in [-0.2, 0) is 5.41 Å². The molecule has 0 unspecified atom stereocenters. The highest BCUT2D eigenvalue weighted by atomic mass is 15.2. The van der Waals surface area contributed by atoms with Gasteiger partial charge in [0.15, 0.2) is 0 Å². The molecule has 0 saturated heterocycles. The van der Waals surface area contributed by atoms with Crippen molar-refractivity contribution in [3.05, 3.63) is 204 Å². The minimum Gasteiger partial charge on any atom is -0.310 e. The van der Waals surface area contributed by atoms with Gasteiger partial charge >= 0.3 is 0 Å². The Kier molecular flexibility index (Phi) is 7.89. The molecule has 1 aliphatic rings. The second kappa shape index (κ2) is 13.3. The molecule has 4 nitrogen and oxygen atoms in total. The van der Waals surface area contributed by atoms with Gasteiger partial charge < -0.3 is 9.80 Å². The second-order valence-electron chi connectivity index (χ2n) is 15.1. The average Bonchev–Trinajstić information content (AvgIpc) is 3.49. The molecule has 0 spiro atoms. The van der Waals surface area contributed by atoms with E-state index < -0.39 is 0 Å². The lowest BCUT2D eigenvalue weighted by molar-refractivity contribution is 0.661. The molecule has 9 aromatic carbocycles. The van der Waals surface area contributed by atoms with Crippen LogP contribution in [0.3, 0.4) is 0 Å². The highest BCUT2D eigenvalue weighted by Crippen LogP contribution is 2.56. The van der Waals surface area contributed by atoms with E-state index in [0.29, 0.717) is 11.1 Å². The molecule has 0 fully saturated rings. The number of anilines is 6. The van der Waals surface area contributed by atoms with Gasteiger partial charge in [0.1, 0.15) is 0 Å². The molecule has 0 saturated carbocycles. The van der Waals surface area contributed by atoms with Crippen LogP contribution in [0.5, 0.6) is 0 Å². The molecule has 9 aromatic rings. The van der Waals surface area contributed by atoms with Crippen molar-refractivity contribution in [3.63, 3.8) is 0 Å². The van der Waals surface area contributed by atoms with E-state index in [2.05, 4.69) is 163 Å². The Hall–Kier alpha value is -7.66. The first-order chi connectivity index (χ1) is 28.0. The van der Waals surface area contributed by atoms with E-state index in [9.17, 15) is 10.5 Å². The third-order valence-electron chi connectivity index (χ3n) is 11.7. The highest BCUT2D eigenvalue weighted by molar-refractivity contribution is 6.12. The first-order valence-electron chi connectivity index (χ1n) is 19.2. The first kappa shape index (κ1) is 33.9. The number of benzene rings is 9. The Balaban J connectivity index is 1.20. The summed E-state index contributed by atoms with van der Waals surface area (Å²) >= 11 is 0. The molecule has 0 radical (unpaired) electrons. The van der Waals surface area contributed by atoms with Crippen molar-refractivity contribution in [2.24, 2.45) is 0 Å². The molecular formula is C53H36N4. The van der Waals surface area contributed by atoms with Crippen LogP contribution in [0.4, 0.5) is 34.1 Å². The Morgan fingerprint density at radius 2 is 0.842 bits per heavy atom. The number of hydrogen-bond donors (Lipinski definition) is 0. The van der Waals surface area contributed by atoms with Crippen molar-refractivity contribution < 1.29 is 0 Å². The number of para-hydroxylation sites is 2. The van der Waals surface area contributed by atoms with Crippen LogP contribution in [0, 0.1) is 22.7 Å². The van der Waals surface area contributed by atoms with Gasteiger partial charge in [0.25, 0.3) is 0 Å². The van der Waals surface area contributed by atoms with Crippen LogP contribution in [-0.4, -0.2) is 0 Å². The summed E-state index contributed by atoms with van der Waals surface area (Å²) in [6, 6.07) is 68.3. The van der Waals surface area contributed by atoms with Crippen LogP contribution in [0.1, 0.15) is 36.1 Å². The summed E-state index contributed by atoms with van der Waals surface area (Å²) in [6.45, 7) is 4.68. The van der Waals surface area contributed by atoms with Crippen LogP contribution >= 0.6 is 0 Å². The van der Waals surface area contributed by atoms with Gasteiger partial charge in [-0.2, -0.15) is 10.5 Å². The zero-order chi connectivity index (χ0) is 38.7. The standard InChI is InChI=1S/C53H36N4/c1-53(2)47-31-39(56(37-15-5-3-6-16-37)49-29-25-35(33-54)40-19-9-11-21-42(40)49)27-28-46(47)52-45-24-14-13-23-44(45)51(32-48(52)53)57(38-17-7-4-8-18-38)50-30-26-36(34-55)41-20-10-12-22-43(41)50/h3-32H,1-2H3. The first-order valence-corrected chi connectivity index (χ1v) is 19.2. The van der Waals surface area contributed by atoms with Crippen LogP contribution < -0.4 is 9.80 Å². The molecule has 4 heteroatoms. The molecule has 0 amide bonds. The van der Waals surface area contributed by atoms with Gasteiger partial charge in [-0.05, 0) is 94.4 Å². The monoisotopic (exact) mass is 728 g/mol. The van der Waals surface area contributed by atoms with E-state index in [4.69, 9.17) is 0 Å². The smallest absolute Gasteiger partial charge is 0.0998 e. The lowest BCUT2D eigenvalue weighted by atomic mass is 9.81. The third kappa shape index (κ3) is 5.27. The maximum absolute atomic E-state index is 10.1. The third-order valence-corrected chi connectivity index (χ3v) is 11.7. The molecule has 0 aromatic heterocycles. The van der Waals surface area contributed by atoms with E-state index >= 15 is 0 Å². The number of nitrogens with zero attached hydrogens (tertiary/aromatic N) is 4. The van der Waals surface area contributed by atoms with E-state index in [1.54, 1.807) is 0 Å². The highest BCUT2D eigenvalue weighted by Gasteiger charge is 2.39. The topological polar surface area (TPSA) is 54.1 Å². The lowest BCUT2D eigenvalue weighted by Gasteiger charge is -2.31. The molecule has 0 aliphatic heterocycles. The summed E-state index contributed by atoms with van der Waals surface area (Å²) in [5.74, 6) is 0. The van der Waals surface area contributed by atoms with E-state index in [0.717, 1.165) is 61.1 Å². The Morgan fingerprint density at radius 3 is 1.39 bits per heavy atom. The second-order valence-corrected chi connectivity index (χ2v) is 15.1. The van der Waals surface area contributed by atoms with Gasteiger partial charge in [0, 0.05) is 49.4 Å². The molecule has 0 N–H and O–H groups in total. The van der Waals surface area contributed by atoms with Crippen molar-refractivity contribution in [1.82, 2.24) is 0 Å². The summed E-state index contributed by atoms with van der Waals surface area (Å²) in [5.41, 5.74) is 12.2. The SMILES string of the molecule is CC1(C)c2cc(N(c3ccccc3)c3ccc(C#N)c4ccccc34)ccc2-c2c1cc(N(c1ccccc1)c1ccc(C#N)c3ccccc13)c1ccccc21. The zero-order valence-electron chi connectivity index (χ0n) is 31.6. The fourth-order valence-electron chi connectivity index (χ4n) is 9.02. The van der Waals surface area contributed by atoms with Gasteiger partial charge in [-0.1, -0.05) is 129 Å². The van der Waals surface area contributed by atoms with Gasteiger partial charge in [0.05, 0.1) is 40.3 Å². The van der Waals surface area contributed by atoms with E-state index in [1.807, 2.05) is 54.6 Å². The van der Waals surface area contributed by atoms with Crippen molar-refractivity contribution in [2.45, 2.75) is 19.3 Å². The summed E-state index contributed by atoms with van der Waals surface area (Å²) in [5, 5.41) is 26.3. The van der Waals surface area contributed by atoms with Crippen molar-refractivity contribution >= 4 is 66.4 Å². The molecule has 0 atom stereocenters. The van der Waals surface area contributed by atoms with Crippen LogP contribution in [0.2, 0.25) is 0 Å². The quantitative estimate of drug-likeness (QED) is 0.171. The summed E-state index contributed by atoms with van der Waals surface area (Å²) in [6.07, 6.45) is 0. The Bertz CT molecular complexity index is 3130. The number of rotatable bonds is 6. The molecule has 0 bridgehead atoms. The Morgan fingerprint density at radius 1 is 0.386 bits per heavy atom. The normalized spacial score (nSPS) is 12.5. The largest absolute Gasteiger partial charge is 0.310 e. The van der Waals surface area contributed by atoms with Gasteiger partial charge in [-0.15, -0.1) is 0 Å². The maximum Gasteiger partial charge on any atom is 0.0998 e. The molecule has 10 rings (SSSR count). The number of hydrogen-bond acceptors (Lipinski definition) is 4. The van der Waals surface area contributed by atoms with E-state index in [1.165, 1.54) is 27.6 Å². The fourth-order valence-corrected chi connectivity index (χ4v) is 9.02.